The van der Waals surface area contributed by atoms with Crippen molar-refractivity contribution in [3.05, 3.63) is 6.42 Å². The Balaban J connectivity index is 1.52. The van der Waals surface area contributed by atoms with Gasteiger partial charge in [0.1, 0.15) is 5.54 Å². The average Bonchev–Trinajstić information content (AvgIpc) is 3.33. The van der Waals surface area contributed by atoms with E-state index in [2.05, 4.69) is 16.3 Å². The second-order valence-electron chi connectivity index (χ2n) is 8.23. The zero-order valence-corrected chi connectivity index (χ0v) is 14.9. The number of nitrogens with one attached hydrogen (secondary N) is 1. The van der Waals surface area contributed by atoms with Crippen molar-refractivity contribution in [2.75, 3.05) is 19.6 Å². The Hall–Kier alpha value is -1.61. The van der Waals surface area contributed by atoms with Gasteiger partial charge >= 0.3 is 0 Å². The lowest BCUT2D eigenvalue weighted by atomic mass is 9.70. The summed E-state index contributed by atoms with van der Waals surface area (Å²) >= 11 is 0. The summed E-state index contributed by atoms with van der Waals surface area (Å²) in [7, 11) is 0. The fourth-order valence-corrected chi connectivity index (χ4v) is 4.29. The van der Waals surface area contributed by atoms with Crippen molar-refractivity contribution >= 4 is 11.8 Å². The van der Waals surface area contributed by atoms with Crippen molar-refractivity contribution in [1.82, 2.24) is 10.2 Å². The number of rotatable bonds is 7. The van der Waals surface area contributed by atoms with Crippen LogP contribution in [-0.2, 0) is 9.59 Å². The second-order valence-corrected chi connectivity index (χ2v) is 8.23. The van der Waals surface area contributed by atoms with E-state index in [1.54, 1.807) is 6.42 Å². The molecule has 1 radical (unpaired) electrons. The Kier molecular flexibility index (Phi) is 5.33. The van der Waals surface area contributed by atoms with Crippen molar-refractivity contribution in [1.29, 1.82) is 5.26 Å². The van der Waals surface area contributed by atoms with E-state index in [0.717, 1.165) is 51.1 Å². The van der Waals surface area contributed by atoms with Crippen LogP contribution < -0.4 is 11.1 Å². The normalized spacial score (nSPS) is 29.1. The number of amides is 2. The minimum absolute atomic E-state index is 0.249. The van der Waals surface area contributed by atoms with E-state index < -0.39 is 11.0 Å². The van der Waals surface area contributed by atoms with Gasteiger partial charge in [-0.3, -0.25) is 14.5 Å². The van der Waals surface area contributed by atoms with Crippen LogP contribution in [0.15, 0.2) is 0 Å². The van der Waals surface area contributed by atoms with Crippen LogP contribution in [0.4, 0.5) is 0 Å². The number of nitriles is 1. The molecule has 0 spiro atoms. The lowest BCUT2D eigenvalue weighted by Crippen LogP contribution is -2.50. The van der Waals surface area contributed by atoms with Crippen molar-refractivity contribution in [3.63, 3.8) is 0 Å². The monoisotopic (exact) mass is 345 g/mol. The zero-order chi connectivity index (χ0) is 17.9. The summed E-state index contributed by atoms with van der Waals surface area (Å²) in [6.07, 6.45) is 9.74. The number of hydrogen-bond donors (Lipinski definition) is 2. The minimum atomic E-state index is -0.797. The van der Waals surface area contributed by atoms with Crippen LogP contribution in [0.1, 0.15) is 57.8 Å². The highest BCUT2D eigenvalue weighted by Crippen LogP contribution is 2.40. The molecular formula is C19H29N4O2. The zero-order valence-electron chi connectivity index (χ0n) is 14.9. The molecule has 0 bridgehead atoms. The first kappa shape index (κ1) is 18.2. The first-order valence-corrected chi connectivity index (χ1v) is 9.56. The molecule has 1 atom stereocenters. The van der Waals surface area contributed by atoms with Gasteiger partial charge in [-0.2, -0.15) is 5.26 Å². The van der Waals surface area contributed by atoms with E-state index in [0.29, 0.717) is 19.4 Å². The molecule has 6 heteroatoms. The van der Waals surface area contributed by atoms with Crippen LogP contribution in [0.5, 0.6) is 0 Å². The van der Waals surface area contributed by atoms with E-state index >= 15 is 0 Å². The lowest BCUT2D eigenvalue weighted by Gasteiger charge is -2.34. The first-order chi connectivity index (χ1) is 12.0. The van der Waals surface area contributed by atoms with Gasteiger partial charge in [0.15, 0.2) is 0 Å². The predicted octanol–water partition coefficient (Wildman–Crippen LogP) is 1.51. The van der Waals surface area contributed by atoms with Crippen molar-refractivity contribution in [3.8, 4) is 6.07 Å². The van der Waals surface area contributed by atoms with Gasteiger partial charge in [-0.25, -0.2) is 0 Å². The number of primary amides is 1. The lowest BCUT2D eigenvalue weighted by molar-refractivity contribution is -0.129. The van der Waals surface area contributed by atoms with Crippen LogP contribution in [0, 0.1) is 29.1 Å². The Morgan fingerprint density at radius 3 is 2.56 bits per heavy atom. The van der Waals surface area contributed by atoms with E-state index in [-0.39, 0.29) is 11.8 Å². The van der Waals surface area contributed by atoms with E-state index in [4.69, 9.17) is 5.73 Å². The summed E-state index contributed by atoms with van der Waals surface area (Å²) in [5, 5.41) is 12.5. The maximum atomic E-state index is 12.4. The van der Waals surface area contributed by atoms with E-state index in [9.17, 15) is 14.9 Å². The third-order valence-corrected chi connectivity index (χ3v) is 6.15. The van der Waals surface area contributed by atoms with Gasteiger partial charge in [0, 0.05) is 25.0 Å². The smallest absolute Gasteiger partial charge is 0.225 e. The molecule has 3 rings (SSSR count). The molecule has 0 aromatic heterocycles. The van der Waals surface area contributed by atoms with Crippen molar-refractivity contribution < 1.29 is 9.59 Å². The van der Waals surface area contributed by atoms with E-state index in [1.807, 2.05) is 0 Å². The second kappa shape index (κ2) is 7.33. The summed E-state index contributed by atoms with van der Waals surface area (Å²) in [5.41, 5.74) is 4.25. The van der Waals surface area contributed by atoms with Crippen LogP contribution >= 0.6 is 0 Å². The van der Waals surface area contributed by atoms with Crippen molar-refractivity contribution in [2.24, 2.45) is 17.1 Å². The SMILES string of the molecule is N#CC1(NC(=O)[CH]CC2(C(N)=O)CCCCC2)CCN(CC2CC2)C1. The van der Waals surface area contributed by atoms with Crippen LogP contribution in [-0.4, -0.2) is 41.9 Å². The number of likely N-dealkylation sites (tertiary alicyclic amines) is 1. The fraction of sp³-hybridized carbons (Fsp3) is 0.789. The Bertz CT molecular complexity index is 560. The molecule has 2 amide bonds. The van der Waals surface area contributed by atoms with Gasteiger partial charge < -0.3 is 11.1 Å². The maximum Gasteiger partial charge on any atom is 0.225 e. The van der Waals surface area contributed by atoms with Gasteiger partial charge in [0.2, 0.25) is 11.8 Å². The summed E-state index contributed by atoms with van der Waals surface area (Å²) in [6, 6.07) is 2.32. The fourth-order valence-electron chi connectivity index (χ4n) is 4.29. The average molecular weight is 345 g/mol. The summed E-state index contributed by atoms with van der Waals surface area (Å²) in [6.45, 7) is 2.49. The number of hydrogen-bond acceptors (Lipinski definition) is 4. The largest absolute Gasteiger partial charge is 0.369 e. The highest BCUT2D eigenvalue weighted by molar-refractivity contribution is 5.88. The molecule has 2 saturated carbocycles. The minimum Gasteiger partial charge on any atom is -0.369 e. The summed E-state index contributed by atoms with van der Waals surface area (Å²) < 4.78 is 0. The van der Waals surface area contributed by atoms with Gasteiger partial charge in [-0.15, -0.1) is 0 Å². The molecule has 137 valence electrons. The molecule has 0 aromatic rings. The highest BCUT2D eigenvalue weighted by Gasteiger charge is 2.42. The molecule has 25 heavy (non-hydrogen) atoms. The molecule has 3 aliphatic rings. The van der Waals surface area contributed by atoms with Crippen LogP contribution in [0.25, 0.3) is 0 Å². The summed E-state index contributed by atoms with van der Waals surface area (Å²) in [4.78, 5) is 26.6. The van der Waals surface area contributed by atoms with E-state index in [1.165, 1.54) is 12.8 Å². The Morgan fingerprint density at radius 1 is 1.24 bits per heavy atom. The number of carbonyl (C=O) groups excluding carboxylic acids is 2. The van der Waals surface area contributed by atoms with Gasteiger partial charge in [0.25, 0.3) is 0 Å². The van der Waals surface area contributed by atoms with Gasteiger partial charge in [0.05, 0.1) is 12.5 Å². The molecule has 3 fully saturated rings. The molecular weight excluding hydrogens is 316 g/mol. The third kappa shape index (κ3) is 4.33. The van der Waals surface area contributed by atoms with Crippen LogP contribution in [0.3, 0.4) is 0 Å². The predicted molar refractivity (Wildman–Crippen MR) is 93.9 cm³/mol. The molecule has 1 unspecified atom stereocenters. The summed E-state index contributed by atoms with van der Waals surface area (Å²) in [5.74, 6) is 0.224. The Labute approximate surface area is 150 Å². The number of nitrogens with zero attached hydrogens (tertiary/aromatic N) is 2. The molecule has 0 aromatic carbocycles. The Morgan fingerprint density at radius 2 is 1.96 bits per heavy atom. The quantitative estimate of drug-likeness (QED) is 0.730. The topological polar surface area (TPSA) is 99.2 Å². The molecule has 6 nitrogen and oxygen atoms in total. The molecule has 3 N–H and O–H groups in total. The molecule has 1 heterocycles. The molecule has 2 aliphatic carbocycles. The molecule has 1 saturated heterocycles. The highest BCUT2D eigenvalue weighted by atomic mass is 16.2. The third-order valence-electron chi connectivity index (χ3n) is 6.15. The molecule has 1 aliphatic heterocycles. The van der Waals surface area contributed by atoms with Crippen molar-refractivity contribution in [2.45, 2.75) is 63.3 Å². The number of carbonyl (C=O) groups is 2. The standard InChI is InChI=1S/C19H29N4O2/c20-13-19(10-11-23(14-19)12-15-4-5-15)22-16(24)6-9-18(17(21)25)7-2-1-3-8-18/h6,15H,1-5,7-12,14H2,(H2,21,25)(H,22,24). The van der Waals surface area contributed by atoms with Gasteiger partial charge in [-0.1, -0.05) is 19.3 Å². The van der Waals surface area contributed by atoms with Gasteiger partial charge in [-0.05, 0) is 44.4 Å². The van der Waals surface area contributed by atoms with Crippen LogP contribution in [0.2, 0.25) is 0 Å². The number of nitrogens with two attached hydrogens (primary N) is 1. The first-order valence-electron chi connectivity index (χ1n) is 9.56. The maximum absolute atomic E-state index is 12.4.